The van der Waals surface area contributed by atoms with Crippen LogP contribution in [0.5, 0.6) is 0 Å². The molecule has 2 unspecified atom stereocenters. The number of carboxylic acid groups (broad SMARTS) is 1. The normalized spacial score (nSPS) is 20.0. The molecular formula is C16H19NO4. The summed E-state index contributed by atoms with van der Waals surface area (Å²) in [5.74, 6) is -1.66. The molecule has 1 saturated carbocycles. The maximum atomic E-state index is 12.3. The second-order valence-corrected chi connectivity index (χ2v) is 5.47. The van der Waals surface area contributed by atoms with Crippen molar-refractivity contribution in [1.82, 2.24) is 0 Å². The Labute approximate surface area is 123 Å². The molecule has 5 heteroatoms. The molecule has 0 spiro atoms. The smallest absolute Gasteiger partial charge is 0.320 e. The molecule has 0 aromatic heterocycles. The van der Waals surface area contributed by atoms with Gasteiger partial charge in [-0.3, -0.25) is 14.4 Å². The third-order valence-corrected chi connectivity index (χ3v) is 3.88. The standard InChI is InChI=1S/C16H19NO4/c17-13(16(20)21)9-10-5-7-11(8-6-10)15(19)12-3-1-2-4-14(12)18/h5-8,12-13H,1-4,9,17H2,(H,20,21). The fraction of sp³-hybridized carbons (Fsp3) is 0.438. The maximum Gasteiger partial charge on any atom is 0.320 e. The molecule has 21 heavy (non-hydrogen) atoms. The summed E-state index contributed by atoms with van der Waals surface area (Å²) in [6, 6.07) is 5.74. The Balaban J connectivity index is 2.06. The van der Waals surface area contributed by atoms with Crippen LogP contribution in [0.4, 0.5) is 0 Å². The van der Waals surface area contributed by atoms with E-state index >= 15 is 0 Å². The Bertz CT molecular complexity index is 550. The lowest BCUT2D eigenvalue weighted by molar-refractivity contribution is -0.138. The second-order valence-electron chi connectivity index (χ2n) is 5.47. The van der Waals surface area contributed by atoms with Crippen LogP contribution < -0.4 is 5.73 Å². The van der Waals surface area contributed by atoms with Crippen LogP contribution in [-0.2, 0) is 16.0 Å². The largest absolute Gasteiger partial charge is 0.480 e. The Hall–Kier alpha value is -2.01. The molecule has 0 saturated heterocycles. The van der Waals surface area contributed by atoms with E-state index in [0.717, 1.165) is 18.4 Å². The van der Waals surface area contributed by atoms with Gasteiger partial charge in [-0.15, -0.1) is 0 Å². The van der Waals surface area contributed by atoms with Crippen molar-refractivity contribution < 1.29 is 19.5 Å². The number of nitrogens with two attached hydrogens (primary N) is 1. The molecule has 3 N–H and O–H groups in total. The summed E-state index contributed by atoms with van der Waals surface area (Å²) in [4.78, 5) is 34.8. The number of benzene rings is 1. The van der Waals surface area contributed by atoms with Gasteiger partial charge in [-0.2, -0.15) is 0 Å². The molecule has 1 aromatic carbocycles. The molecule has 0 aliphatic heterocycles. The first-order chi connectivity index (χ1) is 9.99. The molecule has 1 aromatic rings. The number of hydrogen-bond donors (Lipinski definition) is 2. The summed E-state index contributed by atoms with van der Waals surface area (Å²) >= 11 is 0. The van der Waals surface area contributed by atoms with Crippen molar-refractivity contribution in [2.45, 2.75) is 38.1 Å². The van der Waals surface area contributed by atoms with Gasteiger partial charge in [-0.1, -0.05) is 30.7 Å². The Morgan fingerprint density at radius 2 is 1.90 bits per heavy atom. The fourth-order valence-corrected chi connectivity index (χ4v) is 2.61. The minimum absolute atomic E-state index is 0.0308. The van der Waals surface area contributed by atoms with Crippen molar-refractivity contribution in [2.24, 2.45) is 11.7 Å². The van der Waals surface area contributed by atoms with Crippen LogP contribution in [-0.4, -0.2) is 28.7 Å². The Kier molecular flexibility index (Phi) is 4.85. The van der Waals surface area contributed by atoms with Gasteiger partial charge in [0.15, 0.2) is 5.78 Å². The number of hydrogen-bond acceptors (Lipinski definition) is 4. The average Bonchev–Trinajstić information content (AvgIpc) is 2.47. The quantitative estimate of drug-likeness (QED) is 0.633. The topological polar surface area (TPSA) is 97.5 Å². The third-order valence-electron chi connectivity index (χ3n) is 3.88. The zero-order valence-electron chi connectivity index (χ0n) is 11.7. The molecule has 0 amide bonds. The van der Waals surface area contributed by atoms with Gasteiger partial charge in [0.1, 0.15) is 11.8 Å². The van der Waals surface area contributed by atoms with Gasteiger partial charge in [0.2, 0.25) is 0 Å². The lowest BCUT2D eigenvalue weighted by atomic mass is 9.82. The molecule has 1 aliphatic carbocycles. The zero-order valence-corrected chi connectivity index (χ0v) is 11.7. The lowest BCUT2D eigenvalue weighted by Gasteiger charge is -2.19. The van der Waals surface area contributed by atoms with Crippen LogP contribution >= 0.6 is 0 Å². The number of ketones is 2. The van der Waals surface area contributed by atoms with Gasteiger partial charge in [-0.25, -0.2) is 0 Å². The number of rotatable bonds is 5. The minimum atomic E-state index is -1.05. The zero-order chi connectivity index (χ0) is 15.4. The molecule has 2 atom stereocenters. The van der Waals surface area contributed by atoms with Crippen LogP contribution in [0, 0.1) is 5.92 Å². The van der Waals surface area contributed by atoms with Crippen LogP contribution in [0.25, 0.3) is 0 Å². The maximum absolute atomic E-state index is 12.3. The van der Waals surface area contributed by atoms with Crippen LogP contribution in [0.2, 0.25) is 0 Å². The van der Waals surface area contributed by atoms with Crippen molar-refractivity contribution >= 4 is 17.5 Å². The number of carboxylic acids is 1. The first kappa shape index (κ1) is 15.4. The highest BCUT2D eigenvalue weighted by atomic mass is 16.4. The number of aliphatic carboxylic acids is 1. The summed E-state index contributed by atoms with van der Waals surface area (Å²) in [6.45, 7) is 0. The van der Waals surface area contributed by atoms with E-state index < -0.39 is 17.9 Å². The first-order valence-corrected chi connectivity index (χ1v) is 7.13. The van der Waals surface area contributed by atoms with Gasteiger partial charge >= 0.3 is 5.97 Å². The lowest BCUT2D eigenvalue weighted by Crippen LogP contribution is -2.32. The van der Waals surface area contributed by atoms with Crippen molar-refractivity contribution in [3.8, 4) is 0 Å². The summed E-state index contributed by atoms with van der Waals surface area (Å²) in [5.41, 5.74) is 6.73. The van der Waals surface area contributed by atoms with Crippen molar-refractivity contribution in [1.29, 1.82) is 0 Å². The van der Waals surface area contributed by atoms with E-state index in [4.69, 9.17) is 10.8 Å². The van der Waals surface area contributed by atoms with Gasteiger partial charge in [-0.05, 0) is 24.8 Å². The first-order valence-electron chi connectivity index (χ1n) is 7.13. The summed E-state index contributed by atoms with van der Waals surface area (Å²) in [5, 5.41) is 8.77. The molecule has 1 aliphatic rings. The van der Waals surface area contributed by atoms with E-state index in [1.54, 1.807) is 24.3 Å². The fourth-order valence-electron chi connectivity index (χ4n) is 2.61. The van der Waals surface area contributed by atoms with Crippen LogP contribution in [0.15, 0.2) is 24.3 Å². The average molecular weight is 289 g/mol. The second kappa shape index (κ2) is 6.63. The summed E-state index contributed by atoms with van der Waals surface area (Å²) in [7, 11) is 0. The Morgan fingerprint density at radius 1 is 1.24 bits per heavy atom. The highest BCUT2D eigenvalue weighted by Crippen LogP contribution is 2.24. The molecular weight excluding hydrogens is 270 g/mol. The molecule has 5 nitrogen and oxygen atoms in total. The molecule has 1 fully saturated rings. The predicted octanol–water partition coefficient (Wildman–Crippen LogP) is 1.58. The third kappa shape index (κ3) is 3.76. The molecule has 0 radical (unpaired) electrons. The van der Waals surface area contributed by atoms with E-state index in [1.807, 2.05) is 0 Å². The van der Waals surface area contributed by atoms with Crippen molar-refractivity contribution in [2.75, 3.05) is 0 Å². The van der Waals surface area contributed by atoms with Crippen LogP contribution in [0.1, 0.15) is 41.6 Å². The van der Waals surface area contributed by atoms with E-state index in [-0.39, 0.29) is 18.0 Å². The number of carbonyl (C=O) groups is 3. The molecule has 0 bridgehead atoms. The summed E-state index contributed by atoms with van der Waals surface area (Å²) in [6.07, 6.45) is 3.11. The van der Waals surface area contributed by atoms with Crippen molar-refractivity contribution in [3.63, 3.8) is 0 Å². The van der Waals surface area contributed by atoms with Crippen molar-refractivity contribution in [3.05, 3.63) is 35.4 Å². The SMILES string of the molecule is NC(Cc1ccc(C(=O)C2CCCCC2=O)cc1)C(=O)O. The van der Waals surface area contributed by atoms with E-state index in [0.29, 0.717) is 18.4 Å². The van der Waals surface area contributed by atoms with E-state index in [2.05, 4.69) is 0 Å². The summed E-state index contributed by atoms with van der Waals surface area (Å²) < 4.78 is 0. The van der Waals surface area contributed by atoms with Crippen LogP contribution in [0.3, 0.4) is 0 Å². The monoisotopic (exact) mass is 289 g/mol. The van der Waals surface area contributed by atoms with Gasteiger partial charge in [0.05, 0.1) is 5.92 Å². The van der Waals surface area contributed by atoms with Gasteiger partial charge in [0, 0.05) is 12.0 Å². The highest BCUT2D eigenvalue weighted by Gasteiger charge is 2.29. The van der Waals surface area contributed by atoms with Gasteiger partial charge in [0.25, 0.3) is 0 Å². The number of Topliss-reactive ketones (excluding diaryl/α,β-unsaturated/α-hetero) is 2. The molecule has 112 valence electrons. The number of carbonyl (C=O) groups excluding carboxylic acids is 2. The highest BCUT2D eigenvalue weighted by molar-refractivity contribution is 6.10. The predicted molar refractivity (Wildman–Crippen MR) is 77.1 cm³/mol. The van der Waals surface area contributed by atoms with E-state index in [1.165, 1.54) is 0 Å². The minimum Gasteiger partial charge on any atom is -0.480 e. The molecule has 2 rings (SSSR count). The van der Waals surface area contributed by atoms with Gasteiger partial charge < -0.3 is 10.8 Å². The Morgan fingerprint density at radius 3 is 2.48 bits per heavy atom. The molecule has 0 heterocycles. The van der Waals surface area contributed by atoms with E-state index in [9.17, 15) is 14.4 Å².